The first-order valence-electron chi connectivity index (χ1n) is 8.76. The molecule has 0 atom stereocenters. The summed E-state index contributed by atoms with van der Waals surface area (Å²) in [6.45, 7) is 4.59. The molecule has 27 heavy (non-hydrogen) atoms. The fraction of sp³-hybridized carbons (Fsp3) is 0.190. The third-order valence-corrected chi connectivity index (χ3v) is 4.32. The lowest BCUT2D eigenvalue weighted by molar-refractivity contribution is 0.411. The Balaban J connectivity index is 1.52. The van der Waals surface area contributed by atoms with Gasteiger partial charge in [-0.3, -0.25) is 4.99 Å². The van der Waals surface area contributed by atoms with Gasteiger partial charge in [-0.25, -0.2) is 9.37 Å². The minimum atomic E-state index is -0.384. The van der Waals surface area contributed by atoms with Crippen molar-refractivity contribution in [3.05, 3.63) is 70.7 Å². The number of amidine groups is 1. The van der Waals surface area contributed by atoms with E-state index in [0.717, 1.165) is 29.0 Å². The molecule has 0 saturated heterocycles. The number of hydrogen-bond acceptors (Lipinski definition) is 5. The number of hydrogen-bond donors (Lipinski definition) is 1. The van der Waals surface area contributed by atoms with Crippen molar-refractivity contribution in [3.63, 3.8) is 0 Å². The van der Waals surface area contributed by atoms with E-state index in [9.17, 15) is 4.39 Å². The van der Waals surface area contributed by atoms with Gasteiger partial charge < -0.3 is 10.1 Å². The van der Waals surface area contributed by atoms with Gasteiger partial charge in [0.1, 0.15) is 11.7 Å². The smallest absolute Gasteiger partial charge is 0.323 e. The Bertz CT molecular complexity index is 1020. The number of halogens is 1. The lowest BCUT2D eigenvalue weighted by atomic mass is 10.1. The highest BCUT2D eigenvalue weighted by Crippen LogP contribution is 2.33. The molecular formula is C21H19FN4O. The highest BCUT2D eigenvalue weighted by molar-refractivity contribution is 6.05. The molecule has 0 amide bonds. The van der Waals surface area contributed by atoms with Crippen LogP contribution in [-0.2, 0) is 6.42 Å². The Morgan fingerprint density at radius 2 is 2.11 bits per heavy atom. The molecule has 5 nitrogen and oxygen atoms in total. The number of fused-ring (bicyclic) bond motifs is 1. The maximum absolute atomic E-state index is 14.7. The van der Waals surface area contributed by atoms with Crippen LogP contribution in [0.4, 0.5) is 10.2 Å². The van der Waals surface area contributed by atoms with Gasteiger partial charge in [0.2, 0.25) is 0 Å². The Morgan fingerprint density at radius 1 is 1.22 bits per heavy atom. The highest BCUT2D eigenvalue weighted by atomic mass is 19.1. The Morgan fingerprint density at radius 3 is 2.96 bits per heavy atom. The molecule has 4 rings (SSSR count). The zero-order valence-corrected chi connectivity index (χ0v) is 15.2. The number of aliphatic imine (C=N–C) groups is 1. The van der Waals surface area contributed by atoms with E-state index in [1.54, 1.807) is 18.3 Å². The Hall–Kier alpha value is -3.28. The molecule has 0 radical (unpaired) electrons. The summed E-state index contributed by atoms with van der Waals surface area (Å²) in [5.41, 5.74) is 3.80. The molecule has 0 spiro atoms. The van der Waals surface area contributed by atoms with Gasteiger partial charge in [-0.05, 0) is 49.6 Å². The van der Waals surface area contributed by atoms with Crippen molar-refractivity contribution >= 4 is 17.7 Å². The summed E-state index contributed by atoms with van der Waals surface area (Å²) in [7, 11) is 0. The number of ether oxygens (including phenoxy) is 1. The Kier molecular flexibility index (Phi) is 4.54. The summed E-state index contributed by atoms with van der Waals surface area (Å²) in [4.78, 5) is 12.8. The predicted octanol–water partition coefficient (Wildman–Crippen LogP) is 4.69. The van der Waals surface area contributed by atoms with Crippen LogP contribution in [0.3, 0.4) is 0 Å². The molecule has 1 aromatic heterocycles. The molecule has 136 valence electrons. The van der Waals surface area contributed by atoms with Crippen LogP contribution in [0.25, 0.3) is 6.08 Å². The van der Waals surface area contributed by atoms with E-state index >= 15 is 0 Å². The van der Waals surface area contributed by atoms with E-state index in [-0.39, 0.29) is 17.6 Å². The van der Waals surface area contributed by atoms with Gasteiger partial charge in [0.25, 0.3) is 0 Å². The van der Waals surface area contributed by atoms with Crippen LogP contribution in [-0.4, -0.2) is 22.3 Å². The van der Waals surface area contributed by atoms with Gasteiger partial charge in [0, 0.05) is 11.8 Å². The third kappa shape index (κ3) is 3.65. The fourth-order valence-electron chi connectivity index (χ4n) is 3.12. The fourth-order valence-corrected chi connectivity index (χ4v) is 3.12. The van der Waals surface area contributed by atoms with Crippen molar-refractivity contribution in [1.82, 2.24) is 9.97 Å². The number of rotatable bonds is 4. The van der Waals surface area contributed by atoms with Gasteiger partial charge in [0.15, 0.2) is 11.6 Å². The third-order valence-electron chi connectivity index (χ3n) is 4.32. The molecule has 1 aliphatic heterocycles. The summed E-state index contributed by atoms with van der Waals surface area (Å²) in [5, 5.41) is 3.12. The maximum atomic E-state index is 14.7. The molecule has 2 heterocycles. The molecule has 6 heteroatoms. The zero-order chi connectivity index (χ0) is 18.8. The Labute approximate surface area is 157 Å². The summed E-state index contributed by atoms with van der Waals surface area (Å²) < 4.78 is 20.3. The van der Waals surface area contributed by atoms with Crippen LogP contribution < -0.4 is 10.1 Å². The maximum Gasteiger partial charge on any atom is 0.323 e. The van der Waals surface area contributed by atoms with Crippen molar-refractivity contribution < 1.29 is 9.13 Å². The molecule has 1 aliphatic carbocycles. The van der Waals surface area contributed by atoms with Crippen LogP contribution >= 0.6 is 0 Å². The summed E-state index contributed by atoms with van der Waals surface area (Å²) >= 11 is 0. The van der Waals surface area contributed by atoms with Gasteiger partial charge in [0.05, 0.1) is 6.54 Å². The van der Waals surface area contributed by atoms with Crippen LogP contribution in [0.2, 0.25) is 0 Å². The topological polar surface area (TPSA) is 59.4 Å². The number of benzene rings is 1. The number of aromatic nitrogens is 2. The molecule has 2 aromatic rings. The van der Waals surface area contributed by atoms with Gasteiger partial charge in [-0.1, -0.05) is 29.9 Å². The van der Waals surface area contributed by atoms with Crippen LogP contribution in [0.1, 0.15) is 25.0 Å². The minimum Gasteiger partial charge on any atom is -0.421 e. The average Bonchev–Trinajstić information content (AvgIpc) is 3.24. The van der Waals surface area contributed by atoms with E-state index in [2.05, 4.69) is 20.3 Å². The van der Waals surface area contributed by atoms with Crippen LogP contribution in [0.15, 0.2) is 58.8 Å². The SMILES string of the molecule is C/C=C/C1=CC(Nc2ccnc(Oc3ccc4c(c3F)C=C(C)C4)n2)=NC1. The second kappa shape index (κ2) is 7.15. The first-order valence-corrected chi connectivity index (χ1v) is 8.76. The first kappa shape index (κ1) is 17.1. The summed E-state index contributed by atoms with van der Waals surface area (Å²) in [5.74, 6) is 0.988. The van der Waals surface area contributed by atoms with Crippen molar-refractivity contribution in [2.24, 2.45) is 4.99 Å². The molecule has 0 unspecified atom stereocenters. The molecule has 0 bridgehead atoms. The molecule has 0 fully saturated rings. The highest BCUT2D eigenvalue weighted by Gasteiger charge is 2.19. The normalized spacial score (nSPS) is 15.4. The first-order chi connectivity index (χ1) is 13.1. The molecule has 1 aromatic carbocycles. The van der Waals surface area contributed by atoms with Crippen molar-refractivity contribution in [3.8, 4) is 11.8 Å². The lowest BCUT2D eigenvalue weighted by Crippen LogP contribution is -2.09. The van der Waals surface area contributed by atoms with Crippen molar-refractivity contribution in [2.75, 3.05) is 11.9 Å². The largest absolute Gasteiger partial charge is 0.421 e. The second-order valence-corrected chi connectivity index (χ2v) is 6.49. The second-order valence-electron chi connectivity index (χ2n) is 6.49. The van der Waals surface area contributed by atoms with Crippen LogP contribution in [0.5, 0.6) is 11.8 Å². The monoisotopic (exact) mass is 362 g/mol. The van der Waals surface area contributed by atoms with Crippen molar-refractivity contribution in [2.45, 2.75) is 20.3 Å². The van der Waals surface area contributed by atoms with E-state index in [1.807, 2.05) is 44.2 Å². The predicted molar refractivity (Wildman–Crippen MR) is 105 cm³/mol. The standard InChI is InChI=1S/C21H19FN4O/c1-3-4-14-11-19(24-12-14)25-18-7-8-23-21(26-18)27-17-6-5-15-9-13(2)10-16(15)20(17)22/h3-8,10-11H,9,12H2,1-2H3,(H,23,24,25,26)/b4-3+. The number of nitrogens with one attached hydrogen (secondary N) is 1. The zero-order valence-electron chi connectivity index (χ0n) is 15.2. The average molecular weight is 362 g/mol. The van der Waals surface area contributed by atoms with Crippen molar-refractivity contribution in [1.29, 1.82) is 0 Å². The number of anilines is 1. The molecule has 0 saturated carbocycles. The summed E-state index contributed by atoms with van der Waals surface area (Å²) in [6, 6.07) is 5.29. The van der Waals surface area contributed by atoms with E-state index < -0.39 is 0 Å². The number of nitrogens with zero attached hydrogens (tertiary/aromatic N) is 3. The lowest BCUT2D eigenvalue weighted by Gasteiger charge is -2.09. The van der Waals surface area contributed by atoms with E-state index in [1.165, 1.54) is 0 Å². The van der Waals surface area contributed by atoms with E-state index in [0.29, 0.717) is 17.9 Å². The molecule has 1 N–H and O–H groups in total. The van der Waals surface area contributed by atoms with Gasteiger partial charge in [-0.2, -0.15) is 4.98 Å². The molecule has 2 aliphatic rings. The van der Waals surface area contributed by atoms with Gasteiger partial charge >= 0.3 is 6.01 Å². The van der Waals surface area contributed by atoms with E-state index in [4.69, 9.17) is 4.74 Å². The number of allylic oxidation sites excluding steroid dienone is 2. The quantitative estimate of drug-likeness (QED) is 0.857. The summed E-state index contributed by atoms with van der Waals surface area (Å²) in [6.07, 6.45) is 10.1. The minimum absolute atomic E-state index is 0.0776. The van der Waals surface area contributed by atoms with Gasteiger partial charge in [-0.15, -0.1) is 0 Å². The molecular weight excluding hydrogens is 343 g/mol. The van der Waals surface area contributed by atoms with Crippen LogP contribution in [0, 0.1) is 5.82 Å².